The highest BCUT2D eigenvalue weighted by molar-refractivity contribution is 5.98. The zero-order valence-corrected chi connectivity index (χ0v) is 13.9. The molecule has 1 aliphatic rings. The van der Waals surface area contributed by atoms with Gasteiger partial charge in [-0.1, -0.05) is 29.8 Å². The first-order valence-corrected chi connectivity index (χ1v) is 8.31. The molecule has 5 nitrogen and oxygen atoms in total. The standard InChI is InChI=1S/C19H23N3O2/c1-13-6-8-14(9-7-13)12-16-17(23)5-3-11-22(16)19(24)15-4-2-10-21-18(15)20/h2,4,6-10,16-17,23H,3,5,11-12H2,1H3,(H2,20,21)/t16-,17-/m0/s1. The third kappa shape index (κ3) is 3.41. The zero-order valence-electron chi connectivity index (χ0n) is 13.9. The summed E-state index contributed by atoms with van der Waals surface area (Å²) in [5.41, 5.74) is 8.57. The normalized spacial score (nSPS) is 20.8. The summed E-state index contributed by atoms with van der Waals surface area (Å²) in [5.74, 6) is 0.0770. The SMILES string of the molecule is Cc1ccc(C[C@H]2[C@@H](O)CCCN2C(=O)c2cccnc2N)cc1. The summed E-state index contributed by atoms with van der Waals surface area (Å²) in [6.07, 6.45) is 3.18. The average Bonchev–Trinajstić information content (AvgIpc) is 2.58. The van der Waals surface area contributed by atoms with Crippen LogP contribution in [0.15, 0.2) is 42.6 Å². The number of piperidine rings is 1. The molecule has 24 heavy (non-hydrogen) atoms. The fourth-order valence-corrected chi connectivity index (χ4v) is 3.25. The Morgan fingerprint density at radius 3 is 2.79 bits per heavy atom. The predicted molar refractivity (Wildman–Crippen MR) is 93.6 cm³/mol. The molecule has 3 N–H and O–H groups in total. The molecule has 0 saturated carbocycles. The zero-order chi connectivity index (χ0) is 17.1. The molecule has 3 rings (SSSR count). The number of rotatable bonds is 3. The molecule has 5 heteroatoms. The summed E-state index contributed by atoms with van der Waals surface area (Å²) in [4.78, 5) is 18.7. The number of carbonyl (C=O) groups is 1. The number of nitrogen functional groups attached to an aromatic ring is 1. The molecular formula is C19H23N3O2. The second-order valence-electron chi connectivity index (χ2n) is 6.40. The second-order valence-corrected chi connectivity index (χ2v) is 6.40. The van der Waals surface area contributed by atoms with E-state index in [1.807, 2.05) is 6.92 Å². The van der Waals surface area contributed by atoms with Crippen LogP contribution in [-0.4, -0.2) is 39.6 Å². The van der Waals surface area contributed by atoms with Gasteiger partial charge in [-0.15, -0.1) is 0 Å². The molecule has 1 aromatic heterocycles. The maximum atomic E-state index is 12.9. The Balaban J connectivity index is 1.85. The van der Waals surface area contributed by atoms with Gasteiger partial charge in [0.2, 0.25) is 0 Å². The Bertz CT molecular complexity index is 715. The molecule has 0 aliphatic carbocycles. The van der Waals surface area contributed by atoms with Gasteiger partial charge >= 0.3 is 0 Å². The number of pyridine rings is 1. The fourth-order valence-electron chi connectivity index (χ4n) is 3.25. The van der Waals surface area contributed by atoms with Crippen LogP contribution in [0.4, 0.5) is 5.82 Å². The molecule has 0 spiro atoms. The van der Waals surface area contributed by atoms with Gasteiger partial charge in [-0.05, 0) is 43.9 Å². The largest absolute Gasteiger partial charge is 0.391 e. The van der Waals surface area contributed by atoms with Crippen LogP contribution in [0.3, 0.4) is 0 Å². The Morgan fingerprint density at radius 1 is 1.33 bits per heavy atom. The molecule has 1 fully saturated rings. The number of hydrogen-bond donors (Lipinski definition) is 2. The summed E-state index contributed by atoms with van der Waals surface area (Å²) >= 11 is 0. The number of aromatic nitrogens is 1. The van der Waals surface area contributed by atoms with E-state index in [1.165, 1.54) is 5.56 Å². The third-order valence-electron chi connectivity index (χ3n) is 4.64. The first-order chi connectivity index (χ1) is 11.6. The predicted octanol–water partition coefficient (Wildman–Crippen LogP) is 2.18. The lowest BCUT2D eigenvalue weighted by atomic mass is 9.92. The smallest absolute Gasteiger partial charge is 0.257 e. The van der Waals surface area contributed by atoms with Crippen LogP contribution in [0.5, 0.6) is 0 Å². The van der Waals surface area contributed by atoms with Gasteiger partial charge in [0, 0.05) is 12.7 Å². The molecule has 1 saturated heterocycles. The minimum atomic E-state index is -0.526. The van der Waals surface area contributed by atoms with Gasteiger partial charge in [-0.2, -0.15) is 0 Å². The summed E-state index contributed by atoms with van der Waals surface area (Å²) in [7, 11) is 0. The number of likely N-dealkylation sites (tertiary alicyclic amines) is 1. The number of aliphatic hydroxyl groups excluding tert-OH is 1. The van der Waals surface area contributed by atoms with Gasteiger partial charge in [0.05, 0.1) is 17.7 Å². The quantitative estimate of drug-likeness (QED) is 0.906. The number of anilines is 1. The monoisotopic (exact) mass is 325 g/mol. The van der Waals surface area contributed by atoms with E-state index in [0.29, 0.717) is 24.9 Å². The highest BCUT2D eigenvalue weighted by Gasteiger charge is 2.34. The maximum Gasteiger partial charge on any atom is 0.257 e. The number of aliphatic hydroxyl groups is 1. The van der Waals surface area contributed by atoms with Crippen LogP contribution in [-0.2, 0) is 6.42 Å². The molecule has 2 atom stereocenters. The van der Waals surface area contributed by atoms with Crippen LogP contribution in [0.2, 0.25) is 0 Å². The van der Waals surface area contributed by atoms with Gasteiger partial charge in [0.15, 0.2) is 0 Å². The maximum absolute atomic E-state index is 12.9. The number of nitrogens with zero attached hydrogens (tertiary/aromatic N) is 2. The molecule has 0 radical (unpaired) electrons. The molecular weight excluding hydrogens is 302 g/mol. The Morgan fingerprint density at radius 2 is 2.08 bits per heavy atom. The van der Waals surface area contributed by atoms with Crippen molar-refractivity contribution < 1.29 is 9.90 Å². The van der Waals surface area contributed by atoms with Crippen LogP contribution in [0.1, 0.15) is 34.3 Å². The van der Waals surface area contributed by atoms with Crippen LogP contribution >= 0.6 is 0 Å². The lowest BCUT2D eigenvalue weighted by molar-refractivity contribution is 0.0119. The number of carbonyl (C=O) groups excluding carboxylic acids is 1. The second kappa shape index (κ2) is 7.01. The lowest BCUT2D eigenvalue weighted by Gasteiger charge is -2.39. The van der Waals surface area contributed by atoms with E-state index in [0.717, 1.165) is 12.0 Å². The van der Waals surface area contributed by atoms with Crippen LogP contribution < -0.4 is 5.73 Å². The van der Waals surface area contributed by atoms with E-state index in [-0.39, 0.29) is 17.8 Å². The summed E-state index contributed by atoms with van der Waals surface area (Å²) in [5, 5.41) is 10.5. The number of amides is 1. The number of nitrogens with two attached hydrogens (primary N) is 1. The first kappa shape index (κ1) is 16.5. The van der Waals surface area contributed by atoms with Gasteiger partial charge < -0.3 is 15.7 Å². The van der Waals surface area contributed by atoms with Gasteiger partial charge in [0.25, 0.3) is 5.91 Å². The van der Waals surface area contributed by atoms with E-state index in [9.17, 15) is 9.90 Å². The van der Waals surface area contributed by atoms with E-state index in [2.05, 4.69) is 29.2 Å². The van der Waals surface area contributed by atoms with E-state index >= 15 is 0 Å². The van der Waals surface area contributed by atoms with Gasteiger partial charge in [-0.3, -0.25) is 4.79 Å². The van der Waals surface area contributed by atoms with E-state index in [4.69, 9.17) is 5.73 Å². The van der Waals surface area contributed by atoms with Crippen LogP contribution in [0.25, 0.3) is 0 Å². The average molecular weight is 325 g/mol. The third-order valence-corrected chi connectivity index (χ3v) is 4.64. The van der Waals surface area contributed by atoms with Crippen molar-refractivity contribution in [2.24, 2.45) is 0 Å². The van der Waals surface area contributed by atoms with Crippen molar-refractivity contribution >= 4 is 11.7 Å². The van der Waals surface area contributed by atoms with Crippen molar-refractivity contribution in [1.29, 1.82) is 0 Å². The molecule has 1 aliphatic heterocycles. The van der Waals surface area contributed by atoms with Crippen molar-refractivity contribution in [3.63, 3.8) is 0 Å². The van der Waals surface area contributed by atoms with Crippen molar-refractivity contribution in [2.45, 2.75) is 38.3 Å². The van der Waals surface area contributed by atoms with E-state index in [1.54, 1.807) is 23.2 Å². The Kier molecular flexibility index (Phi) is 4.81. The highest BCUT2D eigenvalue weighted by atomic mass is 16.3. The van der Waals surface area contributed by atoms with Crippen molar-refractivity contribution in [3.05, 3.63) is 59.3 Å². The Labute approximate surface area is 142 Å². The molecule has 1 amide bonds. The van der Waals surface area contributed by atoms with Gasteiger partial charge in [0.1, 0.15) is 5.82 Å². The number of hydrogen-bond acceptors (Lipinski definition) is 4. The van der Waals surface area contributed by atoms with Crippen molar-refractivity contribution in [3.8, 4) is 0 Å². The fraction of sp³-hybridized carbons (Fsp3) is 0.368. The van der Waals surface area contributed by atoms with Crippen LogP contribution in [0, 0.1) is 6.92 Å². The summed E-state index contributed by atoms with van der Waals surface area (Å²) < 4.78 is 0. The van der Waals surface area contributed by atoms with Gasteiger partial charge in [-0.25, -0.2) is 4.98 Å². The van der Waals surface area contributed by atoms with Crippen molar-refractivity contribution in [1.82, 2.24) is 9.88 Å². The minimum absolute atomic E-state index is 0.156. The molecule has 1 aromatic carbocycles. The topological polar surface area (TPSA) is 79.5 Å². The molecule has 2 aromatic rings. The first-order valence-electron chi connectivity index (χ1n) is 8.31. The lowest BCUT2D eigenvalue weighted by Crippen LogP contribution is -2.52. The van der Waals surface area contributed by atoms with Crippen molar-refractivity contribution in [2.75, 3.05) is 12.3 Å². The molecule has 0 unspecified atom stereocenters. The molecule has 126 valence electrons. The number of aryl methyl sites for hydroxylation is 1. The van der Waals surface area contributed by atoms with E-state index < -0.39 is 6.10 Å². The summed E-state index contributed by atoms with van der Waals surface area (Å²) in [6, 6.07) is 11.4. The molecule has 0 bridgehead atoms. The number of benzene rings is 1. The Hall–Kier alpha value is -2.40. The highest BCUT2D eigenvalue weighted by Crippen LogP contribution is 2.24. The molecule has 2 heterocycles. The minimum Gasteiger partial charge on any atom is -0.391 e. The summed E-state index contributed by atoms with van der Waals surface area (Å²) in [6.45, 7) is 2.67.